The van der Waals surface area contributed by atoms with E-state index in [-0.39, 0.29) is 42.5 Å². The fourth-order valence-electron chi connectivity index (χ4n) is 1.30. The molecule has 7 heteroatoms. The molecule has 2 N–H and O–H groups in total. The van der Waals surface area contributed by atoms with Crippen molar-refractivity contribution in [1.29, 1.82) is 0 Å². The van der Waals surface area contributed by atoms with Gasteiger partial charge in [-0.2, -0.15) is 0 Å². The van der Waals surface area contributed by atoms with Gasteiger partial charge in [-0.05, 0) is 25.3 Å². The highest BCUT2D eigenvalue weighted by molar-refractivity contribution is 14.0. The van der Waals surface area contributed by atoms with Crippen molar-refractivity contribution >= 4 is 47.2 Å². The van der Waals surface area contributed by atoms with Crippen LogP contribution in [0.15, 0.2) is 22.5 Å². The molecule has 114 valence electrons. The van der Waals surface area contributed by atoms with Crippen molar-refractivity contribution in [2.75, 3.05) is 20.6 Å². The van der Waals surface area contributed by atoms with E-state index in [9.17, 15) is 4.79 Å². The van der Waals surface area contributed by atoms with Gasteiger partial charge >= 0.3 is 0 Å². The Morgan fingerprint density at radius 2 is 2.15 bits per heavy atom. The monoisotopic (exact) mass is 410 g/mol. The van der Waals surface area contributed by atoms with Gasteiger partial charge in [0.15, 0.2) is 5.96 Å². The summed E-state index contributed by atoms with van der Waals surface area (Å²) in [6.45, 7) is 4.94. The molecule has 0 saturated carbocycles. The van der Waals surface area contributed by atoms with E-state index in [1.54, 1.807) is 25.4 Å². The lowest BCUT2D eigenvalue weighted by atomic mass is 10.4. The highest BCUT2D eigenvalue weighted by atomic mass is 127. The summed E-state index contributed by atoms with van der Waals surface area (Å²) in [5, 5.41) is 8.48. The fraction of sp³-hybridized carbons (Fsp3) is 0.538. The van der Waals surface area contributed by atoms with Crippen LogP contribution in [-0.2, 0) is 11.3 Å². The van der Waals surface area contributed by atoms with Crippen LogP contribution < -0.4 is 10.6 Å². The second-order valence-electron chi connectivity index (χ2n) is 4.68. The number of guanidine groups is 1. The number of hydrogen-bond acceptors (Lipinski definition) is 3. The van der Waals surface area contributed by atoms with Gasteiger partial charge in [0.2, 0.25) is 5.91 Å². The average molecular weight is 410 g/mol. The Hall–Kier alpha value is -0.830. The normalized spacial score (nSPS) is 10.9. The quantitative estimate of drug-likeness (QED) is 0.443. The number of aliphatic imine (C=N–C) groups is 1. The summed E-state index contributed by atoms with van der Waals surface area (Å²) in [5.41, 5.74) is 0. The van der Waals surface area contributed by atoms with Crippen LogP contribution in [0.25, 0.3) is 0 Å². The summed E-state index contributed by atoms with van der Waals surface area (Å²) >= 11 is 1.69. The summed E-state index contributed by atoms with van der Waals surface area (Å²) in [7, 11) is 3.46. The van der Waals surface area contributed by atoms with Gasteiger partial charge in [0.1, 0.15) is 6.54 Å². The largest absolute Gasteiger partial charge is 0.354 e. The number of nitrogens with one attached hydrogen (secondary N) is 2. The SMILES string of the molecule is CC(C)NC(=NCC(=O)N(C)C)NCc1cccs1.I. The number of hydrogen-bond donors (Lipinski definition) is 2. The van der Waals surface area contributed by atoms with E-state index in [1.165, 1.54) is 9.78 Å². The third-order valence-electron chi connectivity index (χ3n) is 2.31. The summed E-state index contributed by atoms with van der Waals surface area (Å²) < 4.78 is 0. The fourth-order valence-corrected chi connectivity index (χ4v) is 1.94. The van der Waals surface area contributed by atoms with Crippen LogP contribution in [0, 0.1) is 0 Å². The van der Waals surface area contributed by atoms with Gasteiger partial charge in [-0.15, -0.1) is 35.3 Å². The summed E-state index contributed by atoms with van der Waals surface area (Å²) in [4.78, 5) is 18.6. The third-order valence-corrected chi connectivity index (χ3v) is 3.18. The van der Waals surface area contributed by atoms with Crippen molar-refractivity contribution in [2.45, 2.75) is 26.4 Å². The van der Waals surface area contributed by atoms with Crippen LogP contribution in [0.1, 0.15) is 18.7 Å². The number of nitrogens with zero attached hydrogens (tertiary/aromatic N) is 2. The Morgan fingerprint density at radius 1 is 1.45 bits per heavy atom. The molecule has 5 nitrogen and oxygen atoms in total. The second kappa shape index (κ2) is 9.98. The first kappa shape index (κ1) is 19.2. The maximum Gasteiger partial charge on any atom is 0.243 e. The van der Waals surface area contributed by atoms with E-state index in [2.05, 4.69) is 21.7 Å². The van der Waals surface area contributed by atoms with E-state index >= 15 is 0 Å². The first-order valence-corrected chi connectivity index (χ1v) is 7.14. The molecule has 0 bridgehead atoms. The van der Waals surface area contributed by atoms with Crippen LogP contribution in [0.2, 0.25) is 0 Å². The predicted octanol–water partition coefficient (Wildman–Crippen LogP) is 1.90. The molecule has 0 aliphatic heterocycles. The lowest BCUT2D eigenvalue weighted by molar-refractivity contribution is -0.127. The van der Waals surface area contributed by atoms with Gasteiger partial charge < -0.3 is 15.5 Å². The molecule has 0 aromatic carbocycles. The average Bonchev–Trinajstić information content (AvgIpc) is 2.84. The number of likely N-dealkylation sites (N-methyl/N-ethyl adjacent to an activating group) is 1. The van der Waals surface area contributed by atoms with E-state index in [0.717, 1.165) is 0 Å². The minimum atomic E-state index is -0.0130. The summed E-state index contributed by atoms with van der Waals surface area (Å²) in [5.74, 6) is 0.652. The zero-order valence-corrected chi connectivity index (χ0v) is 15.5. The molecule has 1 heterocycles. The number of rotatable bonds is 5. The molecule has 0 spiro atoms. The van der Waals surface area contributed by atoms with Crippen molar-refractivity contribution in [2.24, 2.45) is 4.99 Å². The van der Waals surface area contributed by atoms with Crippen molar-refractivity contribution in [3.05, 3.63) is 22.4 Å². The topological polar surface area (TPSA) is 56.7 Å². The molecule has 0 saturated heterocycles. The van der Waals surface area contributed by atoms with E-state index in [0.29, 0.717) is 12.5 Å². The van der Waals surface area contributed by atoms with E-state index in [1.807, 2.05) is 25.3 Å². The number of carbonyl (C=O) groups is 1. The van der Waals surface area contributed by atoms with E-state index in [4.69, 9.17) is 0 Å². The number of amides is 1. The lowest BCUT2D eigenvalue weighted by Gasteiger charge is -2.15. The number of thiophene rings is 1. The summed E-state index contributed by atoms with van der Waals surface area (Å²) in [6.07, 6.45) is 0. The van der Waals surface area contributed by atoms with Gasteiger partial charge in [0.05, 0.1) is 6.54 Å². The maximum atomic E-state index is 11.5. The van der Waals surface area contributed by atoms with Gasteiger partial charge in [0.25, 0.3) is 0 Å². The molecule has 0 unspecified atom stereocenters. The summed E-state index contributed by atoms with van der Waals surface area (Å²) in [6, 6.07) is 4.35. The standard InChI is InChI=1S/C13H22N4OS.HI/c1-10(2)16-13(15-9-12(18)17(3)4)14-8-11-6-5-7-19-11;/h5-7,10H,8-9H2,1-4H3,(H2,14,15,16);1H. The van der Waals surface area contributed by atoms with Gasteiger partial charge in [0, 0.05) is 25.0 Å². The number of carbonyl (C=O) groups excluding carboxylic acids is 1. The molecule has 0 radical (unpaired) electrons. The Morgan fingerprint density at radius 3 is 2.65 bits per heavy atom. The Bertz CT molecular complexity index is 418. The molecule has 0 aliphatic rings. The van der Waals surface area contributed by atoms with Crippen LogP contribution in [0.5, 0.6) is 0 Å². The van der Waals surface area contributed by atoms with Gasteiger partial charge in [-0.1, -0.05) is 6.07 Å². The molecule has 1 aromatic heterocycles. The zero-order chi connectivity index (χ0) is 14.3. The Kier molecular flexibility index (Phi) is 9.56. The lowest BCUT2D eigenvalue weighted by Crippen LogP contribution is -2.41. The first-order valence-electron chi connectivity index (χ1n) is 6.26. The molecule has 0 aliphatic carbocycles. The van der Waals surface area contributed by atoms with Crippen molar-refractivity contribution in [3.63, 3.8) is 0 Å². The smallest absolute Gasteiger partial charge is 0.243 e. The van der Waals surface area contributed by atoms with Crippen molar-refractivity contribution < 1.29 is 4.79 Å². The van der Waals surface area contributed by atoms with Crippen LogP contribution >= 0.6 is 35.3 Å². The van der Waals surface area contributed by atoms with Gasteiger partial charge in [-0.3, -0.25) is 4.79 Å². The van der Waals surface area contributed by atoms with Crippen LogP contribution in [0.3, 0.4) is 0 Å². The predicted molar refractivity (Wildman–Crippen MR) is 95.8 cm³/mol. The zero-order valence-electron chi connectivity index (χ0n) is 12.3. The minimum Gasteiger partial charge on any atom is -0.354 e. The molecule has 1 aromatic rings. The minimum absolute atomic E-state index is 0. The number of halogens is 1. The highest BCUT2D eigenvalue weighted by Crippen LogP contribution is 2.07. The maximum absolute atomic E-state index is 11.5. The molecule has 1 amide bonds. The molecule has 1 rings (SSSR count). The molecular weight excluding hydrogens is 387 g/mol. The highest BCUT2D eigenvalue weighted by Gasteiger charge is 2.05. The second-order valence-corrected chi connectivity index (χ2v) is 5.72. The van der Waals surface area contributed by atoms with Crippen molar-refractivity contribution in [3.8, 4) is 0 Å². The van der Waals surface area contributed by atoms with Crippen LogP contribution in [-0.4, -0.2) is 43.4 Å². The molecule has 20 heavy (non-hydrogen) atoms. The Balaban J connectivity index is 0.00000361. The molecule has 0 atom stereocenters. The van der Waals surface area contributed by atoms with Gasteiger partial charge in [-0.25, -0.2) is 4.99 Å². The Labute approximate surface area is 141 Å². The first-order chi connectivity index (χ1) is 8.99. The van der Waals surface area contributed by atoms with Crippen LogP contribution in [0.4, 0.5) is 0 Å². The molecular formula is C13H23IN4OS. The molecule has 0 fully saturated rings. The van der Waals surface area contributed by atoms with E-state index < -0.39 is 0 Å². The van der Waals surface area contributed by atoms with Crippen molar-refractivity contribution in [1.82, 2.24) is 15.5 Å². The third kappa shape index (κ3) is 7.68.